The molecule has 9 nitrogen and oxygen atoms in total. The molecule has 0 aromatic heterocycles. The molecule has 0 saturated carbocycles. The van der Waals surface area contributed by atoms with E-state index in [1.165, 1.54) is 141 Å². The largest absolute Gasteiger partial charge is 0.457 e. The second-order valence-electron chi connectivity index (χ2n) is 15.1. The summed E-state index contributed by atoms with van der Waals surface area (Å²) in [6, 6.07) is 0. The highest BCUT2D eigenvalue weighted by molar-refractivity contribution is 5.69. The van der Waals surface area contributed by atoms with Crippen molar-refractivity contribution in [2.24, 2.45) is 0 Å². The fourth-order valence-corrected chi connectivity index (χ4v) is 6.72. The quantitative estimate of drug-likeness (QED) is 0.0279. The van der Waals surface area contributed by atoms with Crippen LogP contribution in [0.2, 0.25) is 0 Å². The highest BCUT2D eigenvalue weighted by atomic mass is 16.7. The molecule has 308 valence electrons. The monoisotopic (exact) mass is 743 g/mol. The lowest BCUT2D eigenvalue weighted by Crippen LogP contribution is -2.59. The van der Waals surface area contributed by atoms with Crippen molar-refractivity contribution in [2.45, 2.75) is 230 Å². The van der Waals surface area contributed by atoms with Crippen molar-refractivity contribution in [1.29, 1.82) is 0 Å². The van der Waals surface area contributed by atoms with Gasteiger partial charge in [-0.25, -0.2) is 0 Å². The van der Waals surface area contributed by atoms with Crippen LogP contribution in [0.4, 0.5) is 0 Å². The summed E-state index contributed by atoms with van der Waals surface area (Å²) in [4.78, 5) is 12.7. The first-order valence-electron chi connectivity index (χ1n) is 21.8. The number of rotatable bonds is 37. The second kappa shape index (κ2) is 35.6. The smallest absolute Gasteiger partial charge is 0.306 e. The summed E-state index contributed by atoms with van der Waals surface area (Å²) in [6.07, 6.45) is 30.9. The number of ether oxygens (including phenoxy) is 4. The third-order valence-electron chi connectivity index (χ3n) is 10.2. The minimum atomic E-state index is -1.53. The molecule has 1 aliphatic heterocycles. The third-order valence-corrected chi connectivity index (χ3v) is 10.2. The lowest BCUT2D eigenvalue weighted by molar-refractivity contribution is -0.305. The number of esters is 1. The van der Waals surface area contributed by atoms with Crippen molar-refractivity contribution in [1.82, 2.24) is 0 Å². The molecule has 6 unspecified atom stereocenters. The minimum absolute atomic E-state index is 0.111. The zero-order chi connectivity index (χ0) is 37.9. The van der Waals surface area contributed by atoms with E-state index in [0.717, 1.165) is 32.1 Å². The second-order valence-corrected chi connectivity index (χ2v) is 15.1. The summed E-state index contributed by atoms with van der Waals surface area (Å²) < 4.78 is 22.8. The number of carbonyl (C=O) groups excluding carboxylic acids is 1. The van der Waals surface area contributed by atoms with E-state index < -0.39 is 43.4 Å². The molecule has 0 aliphatic carbocycles. The first-order chi connectivity index (χ1) is 25.4. The first-order valence-corrected chi connectivity index (χ1v) is 21.8. The topological polar surface area (TPSA) is 135 Å². The van der Waals surface area contributed by atoms with Gasteiger partial charge in [0.05, 0.1) is 19.8 Å². The van der Waals surface area contributed by atoms with E-state index in [2.05, 4.69) is 26.0 Å². The van der Waals surface area contributed by atoms with Crippen LogP contribution in [0.3, 0.4) is 0 Å². The SMILES string of the molecule is CCCCCC/C=C\CCCCCCCCOCC(COC1OC(CO)C(O)C(O)C1O)OC(=O)CCCCCCCCCCCCCCCCC. The zero-order valence-electron chi connectivity index (χ0n) is 33.6. The highest BCUT2D eigenvalue weighted by Gasteiger charge is 2.44. The summed E-state index contributed by atoms with van der Waals surface area (Å²) in [5.41, 5.74) is 0. The van der Waals surface area contributed by atoms with Gasteiger partial charge in [-0.3, -0.25) is 4.79 Å². The van der Waals surface area contributed by atoms with E-state index in [1.807, 2.05) is 0 Å². The van der Waals surface area contributed by atoms with Gasteiger partial charge in [0, 0.05) is 13.0 Å². The maximum Gasteiger partial charge on any atom is 0.306 e. The Hall–Kier alpha value is -1.07. The van der Waals surface area contributed by atoms with Crippen molar-refractivity contribution in [3.63, 3.8) is 0 Å². The van der Waals surface area contributed by atoms with Crippen LogP contribution in [-0.2, 0) is 23.7 Å². The summed E-state index contributed by atoms with van der Waals surface area (Å²) in [6.45, 7) is 4.55. The van der Waals surface area contributed by atoms with Crippen LogP contribution >= 0.6 is 0 Å². The molecule has 1 saturated heterocycles. The van der Waals surface area contributed by atoms with Crippen LogP contribution in [0.5, 0.6) is 0 Å². The third kappa shape index (κ3) is 26.7. The van der Waals surface area contributed by atoms with E-state index in [4.69, 9.17) is 18.9 Å². The number of aliphatic hydroxyl groups excluding tert-OH is 4. The van der Waals surface area contributed by atoms with E-state index in [-0.39, 0.29) is 19.2 Å². The maximum absolute atomic E-state index is 12.7. The Balaban J connectivity index is 2.27. The normalized spacial score (nSPS) is 21.2. The van der Waals surface area contributed by atoms with E-state index in [0.29, 0.717) is 13.0 Å². The van der Waals surface area contributed by atoms with Gasteiger partial charge < -0.3 is 39.4 Å². The van der Waals surface area contributed by atoms with Crippen molar-refractivity contribution in [3.05, 3.63) is 12.2 Å². The molecule has 4 N–H and O–H groups in total. The maximum atomic E-state index is 12.7. The average molecular weight is 743 g/mol. The Morgan fingerprint density at radius 3 is 1.58 bits per heavy atom. The number of hydrogen-bond donors (Lipinski definition) is 4. The van der Waals surface area contributed by atoms with E-state index in [9.17, 15) is 25.2 Å². The van der Waals surface area contributed by atoms with E-state index >= 15 is 0 Å². The average Bonchev–Trinajstić information content (AvgIpc) is 3.14. The van der Waals surface area contributed by atoms with Gasteiger partial charge in [-0.05, 0) is 38.5 Å². The van der Waals surface area contributed by atoms with Gasteiger partial charge in [-0.2, -0.15) is 0 Å². The van der Waals surface area contributed by atoms with Crippen LogP contribution < -0.4 is 0 Å². The fourth-order valence-electron chi connectivity index (χ4n) is 6.72. The number of carbonyl (C=O) groups is 1. The van der Waals surface area contributed by atoms with Gasteiger partial charge in [0.2, 0.25) is 0 Å². The van der Waals surface area contributed by atoms with Crippen LogP contribution in [0, 0.1) is 0 Å². The van der Waals surface area contributed by atoms with Crippen LogP contribution in [-0.4, -0.2) is 89.6 Å². The molecule has 0 amide bonds. The van der Waals surface area contributed by atoms with Gasteiger partial charge in [-0.15, -0.1) is 0 Å². The number of hydrogen-bond acceptors (Lipinski definition) is 9. The summed E-state index contributed by atoms with van der Waals surface area (Å²) in [5.74, 6) is -0.313. The molecule has 1 fully saturated rings. The predicted octanol–water partition coefficient (Wildman–Crippen LogP) is 9.25. The Labute approximate surface area is 318 Å². The molecule has 1 rings (SSSR count). The van der Waals surface area contributed by atoms with Gasteiger partial charge in [0.1, 0.15) is 30.5 Å². The Bertz CT molecular complexity index is 807. The van der Waals surface area contributed by atoms with E-state index in [1.54, 1.807) is 0 Å². The molecule has 0 spiro atoms. The molecule has 6 atom stereocenters. The molecular weight excluding hydrogens is 660 g/mol. The van der Waals surface area contributed by atoms with Crippen LogP contribution in [0.1, 0.15) is 194 Å². The lowest BCUT2D eigenvalue weighted by atomic mass is 9.99. The van der Waals surface area contributed by atoms with Gasteiger partial charge in [-0.1, -0.05) is 161 Å². The Kier molecular flexibility index (Phi) is 33.5. The number of allylic oxidation sites excluding steroid dienone is 2. The molecular formula is C43H82O9. The lowest BCUT2D eigenvalue weighted by Gasteiger charge is -2.39. The van der Waals surface area contributed by atoms with Crippen molar-refractivity contribution < 1.29 is 44.2 Å². The molecule has 1 aliphatic rings. The molecule has 0 aromatic carbocycles. The summed E-state index contributed by atoms with van der Waals surface area (Å²) in [5, 5.41) is 40.0. The predicted molar refractivity (Wildman–Crippen MR) is 210 cm³/mol. The Morgan fingerprint density at radius 1 is 0.596 bits per heavy atom. The molecule has 1 heterocycles. The summed E-state index contributed by atoms with van der Waals surface area (Å²) in [7, 11) is 0. The van der Waals surface area contributed by atoms with Crippen LogP contribution in [0.15, 0.2) is 12.2 Å². The molecule has 0 bridgehead atoms. The van der Waals surface area contributed by atoms with Gasteiger partial charge in [0.15, 0.2) is 6.29 Å². The van der Waals surface area contributed by atoms with Crippen molar-refractivity contribution >= 4 is 5.97 Å². The summed E-state index contributed by atoms with van der Waals surface area (Å²) >= 11 is 0. The van der Waals surface area contributed by atoms with Gasteiger partial charge >= 0.3 is 5.97 Å². The van der Waals surface area contributed by atoms with Gasteiger partial charge in [0.25, 0.3) is 0 Å². The minimum Gasteiger partial charge on any atom is -0.457 e. The molecule has 0 radical (unpaired) electrons. The van der Waals surface area contributed by atoms with Crippen molar-refractivity contribution in [3.8, 4) is 0 Å². The Morgan fingerprint density at radius 2 is 1.06 bits per heavy atom. The number of aliphatic hydroxyl groups is 4. The molecule has 52 heavy (non-hydrogen) atoms. The van der Waals surface area contributed by atoms with Crippen molar-refractivity contribution in [2.75, 3.05) is 26.4 Å². The molecule has 9 heteroatoms. The fraction of sp³-hybridized carbons (Fsp3) is 0.930. The molecule has 0 aromatic rings. The number of unbranched alkanes of at least 4 members (excludes halogenated alkanes) is 24. The highest BCUT2D eigenvalue weighted by Crippen LogP contribution is 2.22. The standard InChI is InChI=1S/C43H82O9/c1-3-5-7-9-11-13-15-17-19-20-22-24-26-28-30-32-39(45)51-37(36-50-43-42(48)41(47)40(46)38(34-44)52-43)35-49-33-31-29-27-25-23-21-18-16-14-12-10-8-6-4-2/h14,16,37-38,40-44,46-48H,3-13,15,17-36H2,1-2H3/b16-14-. The van der Waals surface area contributed by atoms with Crippen LogP contribution in [0.25, 0.3) is 0 Å². The zero-order valence-corrected chi connectivity index (χ0v) is 33.6. The first kappa shape index (κ1) is 48.9.